The first-order chi connectivity index (χ1) is 13.5. The SMILES string of the molecule is CCCCN(CC)C(=O)Cc1c(-c2ccc(C)c(C)c2)nc2c(C)cccn12. The van der Waals surface area contributed by atoms with Gasteiger partial charge in [-0.3, -0.25) is 4.79 Å². The van der Waals surface area contributed by atoms with Crippen molar-refractivity contribution in [1.82, 2.24) is 14.3 Å². The van der Waals surface area contributed by atoms with Crippen molar-refractivity contribution in [2.75, 3.05) is 13.1 Å². The molecule has 0 saturated carbocycles. The molecule has 3 rings (SSSR count). The van der Waals surface area contributed by atoms with Gasteiger partial charge in [0.1, 0.15) is 5.65 Å². The van der Waals surface area contributed by atoms with Crippen LogP contribution in [0.2, 0.25) is 0 Å². The molecule has 28 heavy (non-hydrogen) atoms. The van der Waals surface area contributed by atoms with Gasteiger partial charge in [0.15, 0.2) is 0 Å². The lowest BCUT2D eigenvalue weighted by molar-refractivity contribution is -0.130. The van der Waals surface area contributed by atoms with Gasteiger partial charge in [-0.05, 0) is 62.9 Å². The van der Waals surface area contributed by atoms with E-state index in [1.54, 1.807) is 0 Å². The molecule has 2 heterocycles. The molecule has 4 nitrogen and oxygen atoms in total. The number of hydrogen-bond donors (Lipinski definition) is 0. The van der Waals surface area contributed by atoms with Crippen LogP contribution in [0.5, 0.6) is 0 Å². The van der Waals surface area contributed by atoms with Crippen LogP contribution in [-0.2, 0) is 11.2 Å². The number of amides is 1. The van der Waals surface area contributed by atoms with E-state index in [2.05, 4.69) is 63.3 Å². The minimum absolute atomic E-state index is 0.171. The van der Waals surface area contributed by atoms with Crippen LogP contribution in [0, 0.1) is 20.8 Å². The van der Waals surface area contributed by atoms with Crippen LogP contribution in [0.15, 0.2) is 36.5 Å². The number of carbonyl (C=O) groups is 1. The van der Waals surface area contributed by atoms with Gasteiger partial charge < -0.3 is 9.30 Å². The van der Waals surface area contributed by atoms with Crippen molar-refractivity contribution in [2.24, 2.45) is 0 Å². The van der Waals surface area contributed by atoms with E-state index in [4.69, 9.17) is 4.98 Å². The van der Waals surface area contributed by atoms with E-state index in [9.17, 15) is 4.79 Å². The van der Waals surface area contributed by atoms with Crippen molar-refractivity contribution in [3.05, 3.63) is 58.9 Å². The topological polar surface area (TPSA) is 37.6 Å². The van der Waals surface area contributed by atoms with Gasteiger partial charge in [0, 0.05) is 24.8 Å². The largest absolute Gasteiger partial charge is 0.343 e. The Kier molecular flexibility index (Phi) is 6.18. The third kappa shape index (κ3) is 3.96. The van der Waals surface area contributed by atoms with E-state index in [1.807, 2.05) is 17.2 Å². The van der Waals surface area contributed by atoms with Gasteiger partial charge in [0.2, 0.25) is 5.91 Å². The van der Waals surface area contributed by atoms with Gasteiger partial charge in [0.05, 0.1) is 17.8 Å². The van der Waals surface area contributed by atoms with E-state index in [0.717, 1.165) is 54.1 Å². The van der Waals surface area contributed by atoms with Crippen LogP contribution in [0.3, 0.4) is 0 Å². The first-order valence-electron chi connectivity index (χ1n) is 10.3. The lowest BCUT2D eigenvalue weighted by Crippen LogP contribution is -2.33. The summed E-state index contributed by atoms with van der Waals surface area (Å²) in [6.45, 7) is 12.1. The summed E-state index contributed by atoms with van der Waals surface area (Å²) in [7, 11) is 0. The van der Waals surface area contributed by atoms with E-state index < -0.39 is 0 Å². The Morgan fingerprint density at radius 2 is 1.86 bits per heavy atom. The molecule has 0 spiro atoms. The van der Waals surface area contributed by atoms with Crippen LogP contribution in [0.1, 0.15) is 49.1 Å². The molecular weight excluding hydrogens is 346 g/mol. The number of benzene rings is 1. The van der Waals surface area contributed by atoms with Gasteiger partial charge >= 0.3 is 0 Å². The number of rotatable bonds is 7. The molecule has 2 aromatic heterocycles. The lowest BCUT2D eigenvalue weighted by atomic mass is 10.0. The molecular formula is C24H31N3O. The number of fused-ring (bicyclic) bond motifs is 1. The van der Waals surface area contributed by atoms with Gasteiger partial charge in [-0.15, -0.1) is 0 Å². The van der Waals surface area contributed by atoms with Crippen LogP contribution in [-0.4, -0.2) is 33.3 Å². The van der Waals surface area contributed by atoms with Gasteiger partial charge in [-0.25, -0.2) is 4.98 Å². The highest BCUT2D eigenvalue weighted by Gasteiger charge is 2.20. The number of unbranched alkanes of at least 4 members (excludes halogenated alkanes) is 1. The zero-order valence-electron chi connectivity index (χ0n) is 17.7. The van der Waals surface area contributed by atoms with E-state index in [-0.39, 0.29) is 5.91 Å². The number of imidazole rings is 1. The summed E-state index contributed by atoms with van der Waals surface area (Å²) in [5.74, 6) is 0.171. The summed E-state index contributed by atoms with van der Waals surface area (Å²) in [4.78, 5) is 20.0. The van der Waals surface area contributed by atoms with Crippen molar-refractivity contribution in [3.63, 3.8) is 0 Å². The maximum atomic E-state index is 13.1. The molecule has 1 aromatic carbocycles. The molecule has 0 saturated heterocycles. The van der Waals surface area contributed by atoms with Gasteiger partial charge in [-0.1, -0.05) is 31.5 Å². The van der Waals surface area contributed by atoms with Crippen molar-refractivity contribution >= 4 is 11.6 Å². The third-order valence-corrected chi connectivity index (χ3v) is 5.56. The average molecular weight is 378 g/mol. The van der Waals surface area contributed by atoms with Crippen LogP contribution in [0.25, 0.3) is 16.9 Å². The summed E-state index contributed by atoms with van der Waals surface area (Å²) in [5.41, 5.74) is 7.50. The maximum Gasteiger partial charge on any atom is 0.228 e. The fourth-order valence-electron chi connectivity index (χ4n) is 3.60. The number of likely N-dealkylation sites (N-methyl/N-ethyl adjacent to an activating group) is 1. The van der Waals surface area contributed by atoms with Crippen LogP contribution in [0.4, 0.5) is 0 Å². The molecule has 0 unspecified atom stereocenters. The molecule has 1 amide bonds. The summed E-state index contributed by atoms with van der Waals surface area (Å²) in [6.07, 6.45) is 4.51. The highest BCUT2D eigenvalue weighted by molar-refractivity contribution is 5.82. The zero-order valence-corrected chi connectivity index (χ0v) is 17.7. The molecule has 4 heteroatoms. The van der Waals surface area contributed by atoms with Gasteiger partial charge in [-0.2, -0.15) is 0 Å². The number of pyridine rings is 1. The third-order valence-electron chi connectivity index (χ3n) is 5.56. The van der Waals surface area contributed by atoms with Crippen molar-refractivity contribution in [3.8, 4) is 11.3 Å². The minimum atomic E-state index is 0.171. The Morgan fingerprint density at radius 1 is 1.07 bits per heavy atom. The number of aromatic nitrogens is 2. The van der Waals surface area contributed by atoms with E-state index in [0.29, 0.717) is 6.42 Å². The summed E-state index contributed by atoms with van der Waals surface area (Å²) >= 11 is 0. The Hall–Kier alpha value is -2.62. The maximum absolute atomic E-state index is 13.1. The first kappa shape index (κ1) is 20.1. The predicted molar refractivity (Wildman–Crippen MR) is 116 cm³/mol. The first-order valence-corrected chi connectivity index (χ1v) is 10.3. The summed E-state index contributed by atoms with van der Waals surface area (Å²) < 4.78 is 2.09. The van der Waals surface area contributed by atoms with E-state index in [1.165, 1.54) is 11.1 Å². The molecule has 0 aliphatic rings. The zero-order chi connectivity index (χ0) is 20.3. The fraction of sp³-hybridized carbons (Fsp3) is 0.417. The molecule has 0 bridgehead atoms. The summed E-state index contributed by atoms with van der Waals surface area (Å²) in [6, 6.07) is 10.5. The Labute approximate surface area is 168 Å². The van der Waals surface area contributed by atoms with Gasteiger partial charge in [0.25, 0.3) is 0 Å². The molecule has 0 atom stereocenters. The molecule has 0 N–H and O–H groups in total. The van der Waals surface area contributed by atoms with Crippen molar-refractivity contribution in [1.29, 1.82) is 0 Å². The normalized spacial score (nSPS) is 11.2. The highest BCUT2D eigenvalue weighted by Crippen LogP contribution is 2.28. The van der Waals surface area contributed by atoms with Crippen molar-refractivity contribution < 1.29 is 4.79 Å². The molecule has 0 fully saturated rings. The molecule has 0 radical (unpaired) electrons. The number of hydrogen-bond acceptors (Lipinski definition) is 2. The molecule has 148 valence electrons. The molecule has 0 aliphatic carbocycles. The van der Waals surface area contributed by atoms with Crippen LogP contribution >= 0.6 is 0 Å². The number of nitrogens with zero attached hydrogens (tertiary/aromatic N) is 3. The second-order valence-corrected chi connectivity index (χ2v) is 7.59. The molecule has 0 aliphatic heterocycles. The predicted octanol–water partition coefficient (Wildman–Crippen LogP) is 5.12. The molecule has 3 aromatic rings. The number of aryl methyl sites for hydroxylation is 3. The standard InChI is InChI=1S/C24H31N3O/c1-6-8-13-26(7-2)22(28)16-21-23(20-12-11-17(3)19(5)15-20)25-24-18(4)10-9-14-27(21)24/h9-12,14-15H,6-8,13,16H2,1-5H3. The second kappa shape index (κ2) is 8.59. The highest BCUT2D eigenvalue weighted by atomic mass is 16.2. The van der Waals surface area contributed by atoms with E-state index >= 15 is 0 Å². The number of carbonyl (C=O) groups excluding carboxylic acids is 1. The van der Waals surface area contributed by atoms with Crippen LogP contribution < -0.4 is 0 Å². The Balaban J connectivity index is 2.08. The van der Waals surface area contributed by atoms with Crippen molar-refractivity contribution in [2.45, 2.75) is 53.9 Å². The second-order valence-electron chi connectivity index (χ2n) is 7.59. The fourth-order valence-corrected chi connectivity index (χ4v) is 3.60. The summed E-state index contributed by atoms with van der Waals surface area (Å²) in [5, 5.41) is 0. The Morgan fingerprint density at radius 3 is 2.54 bits per heavy atom. The minimum Gasteiger partial charge on any atom is -0.343 e. The Bertz CT molecular complexity index is 987. The average Bonchev–Trinajstić information content (AvgIpc) is 3.04. The monoisotopic (exact) mass is 377 g/mol. The quantitative estimate of drug-likeness (QED) is 0.573. The lowest BCUT2D eigenvalue weighted by Gasteiger charge is -2.21. The smallest absolute Gasteiger partial charge is 0.228 e.